The number of amides is 1. The molecule has 0 aromatic heterocycles. The van der Waals surface area contributed by atoms with Crippen molar-refractivity contribution in [3.8, 4) is 0 Å². The Kier molecular flexibility index (Phi) is 17.2. The van der Waals surface area contributed by atoms with Crippen molar-refractivity contribution >= 4 is 11.9 Å². The highest BCUT2D eigenvalue weighted by Crippen LogP contribution is 2.18. The second-order valence-electron chi connectivity index (χ2n) is 7.56. The van der Waals surface area contributed by atoms with Crippen molar-refractivity contribution in [1.82, 2.24) is 4.90 Å². The number of allylic oxidation sites excluding steroid dienone is 1. The first-order valence-electron chi connectivity index (χ1n) is 11.2. The predicted molar refractivity (Wildman–Crippen MR) is 114 cm³/mol. The van der Waals surface area contributed by atoms with Gasteiger partial charge in [0.25, 0.3) is 0 Å². The van der Waals surface area contributed by atoms with Gasteiger partial charge in [-0.1, -0.05) is 70.3 Å². The molecule has 1 atom stereocenters. The van der Waals surface area contributed by atoms with Crippen LogP contribution >= 0.6 is 0 Å². The SMILES string of the molecule is C=CCCCCCCCCCCCCCC(CC(=O)N(CC)CC)C(=O)O. The van der Waals surface area contributed by atoms with Crippen LogP contribution in [0.3, 0.4) is 0 Å². The normalized spacial score (nSPS) is 11.9. The largest absolute Gasteiger partial charge is 0.481 e. The van der Waals surface area contributed by atoms with Crippen LogP contribution in [0.1, 0.15) is 104 Å². The van der Waals surface area contributed by atoms with Crippen molar-refractivity contribution in [2.24, 2.45) is 5.92 Å². The third-order valence-electron chi connectivity index (χ3n) is 5.35. The van der Waals surface area contributed by atoms with Crippen molar-refractivity contribution in [2.45, 2.75) is 104 Å². The first-order chi connectivity index (χ1) is 13.1. The average molecular weight is 382 g/mol. The molecule has 0 saturated carbocycles. The fraction of sp³-hybridized carbons (Fsp3) is 0.826. The molecule has 0 saturated heterocycles. The third-order valence-corrected chi connectivity index (χ3v) is 5.35. The minimum absolute atomic E-state index is 0.0307. The summed E-state index contributed by atoms with van der Waals surface area (Å²) < 4.78 is 0. The van der Waals surface area contributed by atoms with Gasteiger partial charge in [-0.2, -0.15) is 0 Å². The Morgan fingerprint density at radius 3 is 1.70 bits per heavy atom. The number of aliphatic carboxylic acids is 1. The van der Waals surface area contributed by atoms with E-state index in [1.807, 2.05) is 19.9 Å². The van der Waals surface area contributed by atoms with Gasteiger partial charge in [0.05, 0.1) is 5.92 Å². The molecule has 4 heteroatoms. The van der Waals surface area contributed by atoms with E-state index in [-0.39, 0.29) is 12.3 Å². The van der Waals surface area contributed by atoms with Gasteiger partial charge in [0.15, 0.2) is 0 Å². The smallest absolute Gasteiger partial charge is 0.307 e. The number of carboxylic acid groups (broad SMARTS) is 1. The molecule has 0 fully saturated rings. The van der Waals surface area contributed by atoms with Gasteiger partial charge in [-0.3, -0.25) is 9.59 Å². The molecule has 27 heavy (non-hydrogen) atoms. The quantitative estimate of drug-likeness (QED) is 0.214. The van der Waals surface area contributed by atoms with E-state index in [0.29, 0.717) is 19.5 Å². The molecule has 1 amide bonds. The van der Waals surface area contributed by atoms with E-state index in [1.54, 1.807) is 4.90 Å². The number of nitrogens with zero attached hydrogens (tertiary/aromatic N) is 1. The number of carboxylic acids is 1. The summed E-state index contributed by atoms with van der Waals surface area (Å²) in [5.74, 6) is -1.39. The summed E-state index contributed by atoms with van der Waals surface area (Å²) in [6.07, 6.45) is 17.5. The van der Waals surface area contributed by atoms with Crippen LogP contribution in [0.25, 0.3) is 0 Å². The highest BCUT2D eigenvalue weighted by Gasteiger charge is 2.22. The Hall–Kier alpha value is -1.32. The molecular formula is C23H43NO3. The van der Waals surface area contributed by atoms with Crippen LogP contribution in [-0.4, -0.2) is 35.0 Å². The number of hydrogen-bond donors (Lipinski definition) is 1. The number of hydrogen-bond acceptors (Lipinski definition) is 2. The molecule has 1 N–H and O–H groups in total. The Balaban J connectivity index is 3.66. The zero-order valence-corrected chi connectivity index (χ0v) is 17.9. The monoisotopic (exact) mass is 381 g/mol. The summed E-state index contributed by atoms with van der Waals surface area (Å²) in [6, 6.07) is 0. The molecule has 0 spiro atoms. The van der Waals surface area contributed by atoms with Crippen LogP contribution in [0.4, 0.5) is 0 Å². The van der Waals surface area contributed by atoms with E-state index < -0.39 is 11.9 Å². The standard InChI is InChI=1S/C23H43NO3/c1-4-7-8-9-10-11-12-13-14-15-16-17-18-19-21(23(26)27)20-22(25)24(5-2)6-3/h4,21H,1,5-20H2,2-3H3,(H,26,27). The molecule has 0 rings (SSSR count). The summed E-state index contributed by atoms with van der Waals surface area (Å²) in [4.78, 5) is 25.2. The second-order valence-corrected chi connectivity index (χ2v) is 7.56. The lowest BCUT2D eigenvalue weighted by molar-refractivity contribution is -0.146. The van der Waals surface area contributed by atoms with E-state index in [9.17, 15) is 14.7 Å². The van der Waals surface area contributed by atoms with Gasteiger partial charge in [0.2, 0.25) is 5.91 Å². The Morgan fingerprint density at radius 2 is 1.30 bits per heavy atom. The van der Waals surface area contributed by atoms with Crippen LogP contribution < -0.4 is 0 Å². The maximum absolute atomic E-state index is 12.1. The Labute approximate surface area is 167 Å². The maximum Gasteiger partial charge on any atom is 0.307 e. The lowest BCUT2D eigenvalue weighted by Crippen LogP contribution is -2.33. The minimum Gasteiger partial charge on any atom is -0.481 e. The van der Waals surface area contributed by atoms with E-state index >= 15 is 0 Å². The molecule has 0 aromatic rings. The van der Waals surface area contributed by atoms with E-state index in [4.69, 9.17) is 0 Å². The summed E-state index contributed by atoms with van der Waals surface area (Å²) >= 11 is 0. The van der Waals surface area contributed by atoms with Gasteiger partial charge in [0.1, 0.15) is 0 Å². The van der Waals surface area contributed by atoms with Crippen LogP contribution in [0.5, 0.6) is 0 Å². The van der Waals surface area contributed by atoms with Crippen molar-refractivity contribution in [3.05, 3.63) is 12.7 Å². The molecular weight excluding hydrogens is 338 g/mol. The van der Waals surface area contributed by atoms with E-state index in [0.717, 1.165) is 19.3 Å². The van der Waals surface area contributed by atoms with Crippen LogP contribution in [0.2, 0.25) is 0 Å². The van der Waals surface area contributed by atoms with Crippen LogP contribution in [-0.2, 0) is 9.59 Å². The predicted octanol–water partition coefficient (Wildman–Crippen LogP) is 6.20. The summed E-state index contributed by atoms with van der Waals surface area (Å²) in [5, 5.41) is 9.36. The highest BCUT2D eigenvalue weighted by atomic mass is 16.4. The first-order valence-corrected chi connectivity index (χ1v) is 11.2. The fourth-order valence-electron chi connectivity index (χ4n) is 3.50. The summed E-state index contributed by atoms with van der Waals surface area (Å²) in [7, 11) is 0. The van der Waals surface area contributed by atoms with E-state index in [1.165, 1.54) is 57.8 Å². The lowest BCUT2D eigenvalue weighted by atomic mass is 9.96. The van der Waals surface area contributed by atoms with Crippen molar-refractivity contribution in [3.63, 3.8) is 0 Å². The first kappa shape index (κ1) is 25.7. The van der Waals surface area contributed by atoms with Crippen LogP contribution in [0.15, 0.2) is 12.7 Å². The number of unbranched alkanes of at least 4 members (excludes halogenated alkanes) is 11. The molecule has 158 valence electrons. The molecule has 1 unspecified atom stereocenters. The van der Waals surface area contributed by atoms with Crippen molar-refractivity contribution in [1.29, 1.82) is 0 Å². The number of carbonyl (C=O) groups is 2. The number of rotatable bonds is 19. The zero-order chi connectivity index (χ0) is 20.3. The van der Waals surface area contributed by atoms with Gasteiger partial charge in [-0.05, 0) is 33.1 Å². The molecule has 0 bridgehead atoms. The van der Waals surface area contributed by atoms with Crippen molar-refractivity contribution in [2.75, 3.05) is 13.1 Å². The average Bonchev–Trinajstić information content (AvgIpc) is 2.65. The Bertz CT molecular complexity index is 391. The lowest BCUT2D eigenvalue weighted by Gasteiger charge is -2.21. The van der Waals surface area contributed by atoms with Gasteiger partial charge in [-0.25, -0.2) is 0 Å². The third kappa shape index (κ3) is 14.4. The van der Waals surface area contributed by atoms with Gasteiger partial charge >= 0.3 is 5.97 Å². The fourth-order valence-corrected chi connectivity index (χ4v) is 3.50. The topological polar surface area (TPSA) is 57.6 Å². The van der Waals surface area contributed by atoms with E-state index in [2.05, 4.69) is 6.58 Å². The zero-order valence-electron chi connectivity index (χ0n) is 17.9. The Morgan fingerprint density at radius 1 is 0.852 bits per heavy atom. The summed E-state index contributed by atoms with van der Waals surface area (Å²) in [5.41, 5.74) is 0. The van der Waals surface area contributed by atoms with Gasteiger partial charge in [-0.15, -0.1) is 6.58 Å². The molecule has 0 aliphatic heterocycles. The van der Waals surface area contributed by atoms with Crippen molar-refractivity contribution < 1.29 is 14.7 Å². The molecule has 0 radical (unpaired) electrons. The summed E-state index contributed by atoms with van der Waals surface area (Å²) in [6.45, 7) is 8.91. The minimum atomic E-state index is -0.830. The maximum atomic E-state index is 12.1. The molecule has 0 heterocycles. The van der Waals surface area contributed by atoms with Gasteiger partial charge in [0, 0.05) is 19.5 Å². The second kappa shape index (κ2) is 18.1. The molecule has 4 nitrogen and oxygen atoms in total. The van der Waals surface area contributed by atoms with Gasteiger partial charge < -0.3 is 10.0 Å². The molecule has 0 aromatic carbocycles. The highest BCUT2D eigenvalue weighted by molar-refractivity contribution is 5.82. The molecule has 0 aliphatic rings. The molecule has 0 aliphatic carbocycles. The number of carbonyl (C=O) groups excluding carboxylic acids is 1. The van der Waals surface area contributed by atoms with Crippen LogP contribution in [0, 0.1) is 5.92 Å².